The van der Waals surface area contributed by atoms with Gasteiger partial charge in [-0.25, -0.2) is 9.37 Å². The van der Waals surface area contributed by atoms with Crippen molar-refractivity contribution < 1.29 is 18.7 Å². The van der Waals surface area contributed by atoms with E-state index in [0.29, 0.717) is 35.4 Å². The van der Waals surface area contributed by atoms with Gasteiger partial charge in [-0.1, -0.05) is 23.7 Å². The number of carbonyl (C=O) groups excluding carboxylic acids is 1. The van der Waals surface area contributed by atoms with Gasteiger partial charge in [-0.15, -0.1) is 0 Å². The first-order valence-corrected chi connectivity index (χ1v) is 8.86. The second-order valence-corrected chi connectivity index (χ2v) is 6.34. The molecule has 0 saturated heterocycles. The van der Waals surface area contributed by atoms with Gasteiger partial charge >= 0.3 is 0 Å². The highest BCUT2D eigenvalue weighted by atomic mass is 35.5. The molecular formula is C20H15ClFN3O3. The lowest BCUT2D eigenvalue weighted by molar-refractivity contribution is 0.102. The number of hydrogen-bond acceptors (Lipinski definition) is 5. The minimum atomic E-state index is -0.453. The molecule has 1 amide bonds. The van der Waals surface area contributed by atoms with Gasteiger partial charge in [0.25, 0.3) is 5.91 Å². The number of fused-ring (bicyclic) bond motifs is 1. The number of aromatic nitrogens is 1. The van der Waals surface area contributed by atoms with E-state index in [1.807, 2.05) is 0 Å². The Morgan fingerprint density at radius 3 is 2.57 bits per heavy atom. The van der Waals surface area contributed by atoms with E-state index >= 15 is 0 Å². The Bertz CT molecular complexity index is 1040. The number of nitrogens with one attached hydrogen (secondary N) is 2. The SMILES string of the molecule is O=C(Nc1cc2c(cc1Cl)OCCO2)c1cccnc1Nc1ccccc1F. The molecule has 1 aliphatic rings. The standard InChI is InChI=1S/C20H15ClFN3O3/c21-13-10-17-18(28-9-8-27-17)11-16(13)25-20(26)12-4-3-7-23-19(12)24-15-6-2-1-5-14(15)22/h1-7,10-11H,8-9H2,(H,23,24)(H,25,26). The molecule has 0 aliphatic carbocycles. The zero-order valence-corrected chi connectivity index (χ0v) is 15.3. The molecule has 2 N–H and O–H groups in total. The number of hydrogen-bond donors (Lipinski definition) is 2. The summed E-state index contributed by atoms with van der Waals surface area (Å²) in [7, 11) is 0. The summed E-state index contributed by atoms with van der Waals surface area (Å²) in [6.45, 7) is 0.858. The first-order chi connectivity index (χ1) is 13.6. The zero-order chi connectivity index (χ0) is 19.5. The van der Waals surface area contributed by atoms with E-state index in [9.17, 15) is 9.18 Å². The number of carbonyl (C=O) groups is 1. The zero-order valence-electron chi connectivity index (χ0n) is 14.5. The molecule has 8 heteroatoms. The normalized spacial score (nSPS) is 12.4. The summed E-state index contributed by atoms with van der Waals surface area (Å²) in [5.74, 6) is 0.345. The van der Waals surface area contributed by atoms with E-state index in [1.165, 1.54) is 12.3 Å². The van der Waals surface area contributed by atoms with Crippen LogP contribution >= 0.6 is 11.6 Å². The monoisotopic (exact) mass is 399 g/mol. The fourth-order valence-corrected chi connectivity index (χ4v) is 2.93. The molecule has 0 fully saturated rings. The van der Waals surface area contributed by atoms with E-state index in [4.69, 9.17) is 21.1 Å². The van der Waals surface area contributed by atoms with Crippen molar-refractivity contribution in [2.24, 2.45) is 0 Å². The van der Waals surface area contributed by atoms with Crippen molar-refractivity contribution in [1.82, 2.24) is 4.98 Å². The molecular weight excluding hydrogens is 385 g/mol. The Labute approximate surface area is 165 Å². The largest absolute Gasteiger partial charge is 0.486 e. The van der Waals surface area contributed by atoms with Crippen LogP contribution in [-0.4, -0.2) is 24.1 Å². The maximum atomic E-state index is 13.9. The van der Waals surface area contributed by atoms with E-state index in [-0.39, 0.29) is 17.1 Å². The predicted octanol–water partition coefficient (Wildman–Crippen LogP) is 4.64. The topological polar surface area (TPSA) is 72.5 Å². The van der Waals surface area contributed by atoms with Gasteiger partial charge in [0.15, 0.2) is 11.5 Å². The summed E-state index contributed by atoms with van der Waals surface area (Å²) in [4.78, 5) is 17.0. The summed E-state index contributed by atoms with van der Waals surface area (Å²) in [6, 6.07) is 12.5. The molecule has 2 aromatic carbocycles. The Balaban J connectivity index is 1.60. The minimum absolute atomic E-state index is 0.215. The molecule has 3 aromatic rings. The lowest BCUT2D eigenvalue weighted by Crippen LogP contribution is -2.17. The molecule has 0 spiro atoms. The van der Waals surface area contributed by atoms with Gasteiger partial charge in [0.1, 0.15) is 24.8 Å². The van der Waals surface area contributed by atoms with Gasteiger partial charge in [0.05, 0.1) is 22.0 Å². The lowest BCUT2D eigenvalue weighted by Gasteiger charge is -2.20. The van der Waals surface area contributed by atoms with Crippen LogP contribution in [0.25, 0.3) is 0 Å². The number of ether oxygens (including phenoxy) is 2. The summed E-state index contributed by atoms with van der Waals surface area (Å²) in [5.41, 5.74) is 0.820. The Morgan fingerprint density at radius 2 is 1.79 bits per heavy atom. The van der Waals surface area contributed by atoms with E-state index in [1.54, 1.807) is 42.5 Å². The fourth-order valence-electron chi connectivity index (χ4n) is 2.73. The fraction of sp³-hybridized carbons (Fsp3) is 0.100. The molecule has 0 bridgehead atoms. The number of pyridine rings is 1. The van der Waals surface area contributed by atoms with Crippen LogP contribution in [0.15, 0.2) is 54.7 Å². The predicted molar refractivity (Wildman–Crippen MR) is 104 cm³/mol. The molecule has 1 aromatic heterocycles. The number of anilines is 3. The molecule has 2 heterocycles. The van der Waals surface area contributed by atoms with Crippen molar-refractivity contribution in [2.75, 3.05) is 23.8 Å². The maximum absolute atomic E-state index is 13.9. The molecule has 0 saturated carbocycles. The molecule has 1 aliphatic heterocycles. The third kappa shape index (κ3) is 3.70. The van der Waals surface area contributed by atoms with Crippen LogP contribution in [0.5, 0.6) is 11.5 Å². The summed E-state index contributed by atoms with van der Waals surface area (Å²) in [6.07, 6.45) is 1.51. The molecule has 0 unspecified atom stereocenters. The van der Waals surface area contributed by atoms with Crippen molar-refractivity contribution in [2.45, 2.75) is 0 Å². The first kappa shape index (κ1) is 18.1. The maximum Gasteiger partial charge on any atom is 0.259 e. The average Bonchev–Trinajstić information content (AvgIpc) is 2.70. The minimum Gasteiger partial charge on any atom is -0.486 e. The lowest BCUT2D eigenvalue weighted by atomic mass is 10.2. The molecule has 6 nitrogen and oxygen atoms in total. The number of para-hydroxylation sites is 1. The van der Waals surface area contributed by atoms with Crippen LogP contribution in [0.3, 0.4) is 0 Å². The van der Waals surface area contributed by atoms with Gasteiger partial charge in [-0.3, -0.25) is 4.79 Å². The number of benzene rings is 2. The van der Waals surface area contributed by atoms with Gasteiger partial charge in [-0.2, -0.15) is 0 Å². The van der Waals surface area contributed by atoms with Gasteiger partial charge in [0.2, 0.25) is 0 Å². The first-order valence-electron chi connectivity index (χ1n) is 8.49. The van der Waals surface area contributed by atoms with Crippen LogP contribution in [0.4, 0.5) is 21.6 Å². The van der Waals surface area contributed by atoms with Gasteiger partial charge in [0, 0.05) is 18.3 Å². The summed E-state index contributed by atoms with van der Waals surface area (Å²) in [5, 5.41) is 5.89. The highest BCUT2D eigenvalue weighted by Gasteiger charge is 2.19. The second kappa shape index (κ2) is 7.74. The Hall–Kier alpha value is -3.32. The Kier molecular flexibility index (Phi) is 4.99. The molecule has 0 atom stereocenters. The number of rotatable bonds is 4. The number of nitrogens with zero attached hydrogens (tertiary/aromatic N) is 1. The number of halogens is 2. The molecule has 0 radical (unpaired) electrons. The van der Waals surface area contributed by atoms with Crippen molar-refractivity contribution in [3.05, 3.63) is 71.1 Å². The van der Waals surface area contributed by atoms with Gasteiger partial charge < -0.3 is 20.1 Å². The third-order valence-electron chi connectivity index (χ3n) is 4.06. The van der Waals surface area contributed by atoms with Crippen LogP contribution in [-0.2, 0) is 0 Å². The molecule has 142 valence electrons. The highest BCUT2D eigenvalue weighted by Crippen LogP contribution is 2.38. The average molecular weight is 400 g/mol. The van der Waals surface area contributed by atoms with E-state index in [0.717, 1.165) is 0 Å². The van der Waals surface area contributed by atoms with Crippen molar-refractivity contribution in [3.8, 4) is 11.5 Å². The van der Waals surface area contributed by atoms with E-state index in [2.05, 4.69) is 15.6 Å². The number of amides is 1. The van der Waals surface area contributed by atoms with Crippen molar-refractivity contribution in [3.63, 3.8) is 0 Å². The summed E-state index contributed by atoms with van der Waals surface area (Å²) < 4.78 is 24.9. The third-order valence-corrected chi connectivity index (χ3v) is 4.37. The molecule has 28 heavy (non-hydrogen) atoms. The van der Waals surface area contributed by atoms with E-state index < -0.39 is 11.7 Å². The van der Waals surface area contributed by atoms with Crippen molar-refractivity contribution in [1.29, 1.82) is 0 Å². The van der Waals surface area contributed by atoms with Crippen molar-refractivity contribution >= 4 is 34.7 Å². The highest BCUT2D eigenvalue weighted by molar-refractivity contribution is 6.34. The van der Waals surface area contributed by atoms with Crippen LogP contribution in [0, 0.1) is 5.82 Å². The Morgan fingerprint density at radius 1 is 1.04 bits per heavy atom. The second-order valence-electron chi connectivity index (χ2n) is 5.93. The van der Waals surface area contributed by atoms with Crippen LogP contribution < -0.4 is 20.1 Å². The van der Waals surface area contributed by atoms with Crippen LogP contribution in [0.1, 0.15) is 10.4 Å². The smallest absolute Gasteiger partial charge is 0.259 e. The van der Waals surface area contributed by atoms with Gasteiger partial charge in [-0.05, 0) is 24.3 Å². The van der Waals surface area contributed by atoms with Crippen LogP contribution in [0.2, 0.25) is 5.02 Å². The molecule has 4 rings (SSSR count). The summed E-state index contributed by atoms with van der Waals surface area (Å²) >= 11 is 6.25. The quantitative estimate of drug-likeness (QED) is 0.668.